The Kier molecular flexibility index (Phi) is 8.39. The van der Waals surface area contributed by atoms with Crippen molar-refractivity contribution in [3.63, 3.8) is 0 Å². The number of rotatable bonds is 13. The molecule has 0 aromatic heterocycles. The molecule has 3 aromatic rings. The van der Waals surface area contributed by atoms with E-state index in [4.69, 9.17) is 24.1 Å². The zero-order chi connectivity index (χ0) is 21.9. The molecule has 3 aromatic carbocycles. The molecule has 0 aliphatic rings. The average Bonchev–Trinajstić information content (AvgIpc) is 2.81. The summed E-state index contributed by atoms with van der Waals surface area (Å²) >= 11 is 0. The van der Waals surface area contributed by atoms with E-state index in [1.165, 1.54) is 6.07 Å². The summed E-state index contributed by atoms with van der Waals surface area (Å²) < 4.78 is 22.6. The first-order valence-corrected chi connectivity index (χ1v) is 9.89. The molecule has 31 heavy (non-hydrogen) atoms. The fourth-order valence-corrected chi connectivity index (χ4v) is 3.06. The number of aliphatic hydroxyl groups is 1. The van der Waals surface area contributed by atoms with E-state index >= 15 is 0 Å². The number of hydrogen-bond acceptors (Lipinski definition) is 7. The highest BCUT2D eigenvalue weighted by Gasteiger charge is 2.08. The second-order valence-corrected chi connectivity index (χ2v) is 6.56. The van der Waals surface area contributed by atoms with Crippen LogP contribution in [0.15, 0.2) is 54.6 Å². The van der Waals surface area contributed by atoms with E-state index in [1.807, 2.05) is 36.4 Å². The Hall–Kier alpha value is -3.42. The van der Waals surface area contributed by atoms with E-state index < -0.39 is 0 Å². The van der Waals surface area contributed by atoms with Crippen LogP contribution in [0.2, 0.25) is 0 Å². The van der Waals surface area contributed by atoms with E-state index in [9.17, 15) is 9.59 Å². The third-order valence-corrected chi connectivity index (χ3v) is 4.40. The quantitative estimate of drug-likeness (QED) is 0.332. The van der Waals surface area contributed by atoms with Crippen molar-refractivity contribution >= 4 is 23.3 Å². The lowest BCUT2D eigenvalue weighted by molar-refractivity contribution is 0.0708. The molecule has 162 valence electrons. The molecular weight excluding hydrogens is 400 g/mol. The van der Waals surface area contributed by atoms with Crippen molar-refractivity contribution < 1.29 is 33.6 Å². The van der Waals surface area contributed by atoms with Gasteiger partial charge in [-0.25, -0.2) is 0 Å². The number of carbonyl (C=O) groups excluding carboxylic acids is 2. The molecule has 0 spiro atoms. The molecule has 0 aliphatic carbocycles. The molecule has 0 saturated heterocycles. The van der Waals surface area contributed by atoms with Gasteiger partial charge < -0.3 is 24.1 Å². The van der Waals surface area contributed by atoms with Crippen molar-refractivity contribution in [1.29, 1.82) is 0 Å². The topological polar surface area (TPSA) is 91.3 Å². The van der Waals surface area contributed by atoms with Gasteiger partial charge >= 0.3 is 0 Å². The standard InChI is InChI=1S/C24H24O7/c25-7-8-28-9-10-30-23-5-1-4-22-21(23)3-2-6-24(22)31-12-11-29-20-14-18(16-26)13-19(15-20)17-27/h1-6,13-17,25H,7-12H2. The molecule has 0 fully saturated rings. The first kappa shape index (κ1) is 22.3. The fraction of sp³-hybridized carbons (Fsp3) is 0.250. The molecule has 0 aliphatic heterocycles. The van der Waals surface area contributed by atoms with Crippen LogP contribution in [-0.4, -0.2) is 57.3 Å². The number of ether oxygens (including phenoxy) is 4. The maximum atomic E-state index is 11.0. The zero-order valence-electron chi connectivity index (χ0n) is 17.0. The van der Waals surface area contributed by atoms with Crippen LogP contribution in [0.25, 0.3) is 10.8 Å². The Bertz CT molecular complexity index is 990. The summed E-state index contributed by atoms with van der Waals surface area (Å²) in [4.78, 5) is 22.0. The monoisotopic (exact) mass is 424 g/mol. The zero-order valence-corrected chi connectivity index (χ0v) is 17.0. The van der Waals surface area contributed by atoms with Crippen LogP contribution in [0.3, 0.4) is 0 Å². The SMILES string of the molecule is O=Cc1cc(C=O)cc(OCCOc2cccc3c(OCCOCCO)cccc23)c1. The molecular formula is C24H24O7. The molecule has 0 unspecified atom stereocenters. The number of fused-ring (bicyclic) bond motifs is 1. The summed E-state index contributed by atoms with van der Waals surface area (Å²) in [6.45, 7) is 1.56. The molecule has 7 heteroatoms. The summed E-state index contributed by atoms with van der Waals surface area (Å²) in [6.07, 6.45) is 1.34. The summed E-state index contributed by atoms with van der Waals surface area (Å²) in [5, 5.41) is 10.6. The molecule has 0 bridgehead atoms. The number of carbonyl (C=O) groups is 2. The Balaban J connectivity index is 1.60. The molecule has 7 nitrogen and oxygen atoms in total. The molecule has 0 amide bonds. The third kappa shape index (κ3) is 6.28. The lowest BCUT2D eigenvalue weighted by Gasteiger charge is -2.13. The highest BCUT2D eigenvalue weighted by atomic mass is 16.5. The van der Waals surface area contributed by atoms with Gasteiger partial charge in [-0.3, -0.25) is 9.59 Å². The molecule has 0 atom stereocenters. The molecule has 0 saturated carbocycles. The number of hydrogen-bond donors (Lipinski definition) is 1. The highest BCUT2D eigenvalue weighted by molar-refractivity contribution is 5.93. The van der Waals surface area contributed by atoms with Crippen molar-refractivity contribution in [3.05, 3.63) is 65.7 Å². The predicted octanol–water partition coefficient (Wildman–Crippen LogP) is 3.31. The van der Waals surface area contributed by atoms with E-state index in [-0.39, 0.29) is 26.4 Å². The van der Waals surface area contributed by atoms with Crippen LogP contribution in [0.1, 0.15) is 20.7 Å². The number of benzene rings is 3. The van der Waals surface area contributed by atoms with Gasteiger partial charge in [-0.05, 0) is 30.3 Å². The van der Waals surface area contributed by atoms with Gasteiger partial charge in [0.25, 0.3) is 0 Å². The molecule has 3 rings (SSSR count). The third-order valence-electron chi connectivity index (χ3n) is 4.40. The summed E-state index contributed by atoms with van der Waals surface area (Å²) in [7, 11) is 0. The average molecular weight is 424 g/mol. The number of aldehydes is 2. The molecule has 0 heterocycles. The van der Waals surface area contributed by atoms with Gasteiger partial charge in [0.05, 0.1) is 19.8 Å². The molecule has 1 N–H and O–H groups in total. The van der Waals surface area contributed by atoms with Crippen molar-refractivity contribution in [2.24, 2.45) is 0 Å². The van der Waals surface area contributed by atoms with E-state index in [1.54, 1.807) is 12.1 Å². The lowest BCUT2D eigenvalue weighted by atomic mass is 10.1. The van der Waals surface area contributed by atoms with Gasteiger partial charge in [0.1, 0.15) is 49.6 Å². The Morgan fingerprint density at radius 1 is 0.677 bits per heavy atom. The minimum absolute atomic E-state index is 0.0144. The predicted molar refractivity (Wildman–Crippen MR) is 116 cm³/mol. The van der Waals surface area contributed by atoms with E-state index in [2.05, 4.69) is 0 Å². The van der Waals surface area contributed by atoms with Crippen molar-refractivity contribution in [1.82, 2.24) is 0 Å². The first-order valence-electron chi connectivity index (χ1n) is 9.89. The normalized spacial score (nSPS) is 10.6. The highest BCUT2D eigenvalue weighted by Crippen LogP contribution is 2.32. The van der Waals surface area contributed by atoms with Gasteiger partial charge in [0.15, 0.2) is 0 Å². The maximum absolute atomic E-state index is 11.0. The van der Waals surface area contributed by atoms with Gasteiger partial charge in [0.2, 0.25) is 0 Å². The summed E-state index contributed by atoms with van der Waals surface area (Å²) in [5.41, 5.74) is 0.757. The lowest BCUT2D eigenvalue weighted by Crippen LogP contribution is -2.10. The Morgan fingerprint density at radius 3 is 1.77 bits per heavy atom. The van der Waals surface area contributed by atoms with Gasteiger partial charge in [-0.1, -0.05) is 24.3 Å². The minimum Gasteiger partial charge on any atom is -0.491 e. The van der Waals surface area contributed by atoms with Crippen LogP contribution in [0, 0.1) is 0 Å². The number of aliphatic hydroxyl groups excluding tert-OH is 1. The van der Waals surface area contributed by atoms with E-state index in [0.717, 1.165) is 16.5 Å². The van der Waals surface area contributed by atoms with Gasteiger partial charge in [0, 0.05) is 21.9 Å². The smallest absolute Gasteiger partial charge is 0.150 e. The Labute approximate surface area is 180 Å². The summed E-state index contributed by atoms with van der Waals surface area (Å²) in [5.74, 6) is 1.85. The summed E-state index contributed by atoms with van der Waals surface area (Å²) in [6, 6.07) is 16.1. The Morgan fingerprint density at radius 2 is 1.23 bits per heavy atom. The van der Waals surface area contributed by atoms with Crippen LogP contribution < -0.4 is 14.2 Å². The molecule has 0 radical (unpaired) electrons. The fourth-order valence-electron chi connectivity index (χ4n) is 3.06. The van der Waals surface area contributed by atoms with Crippen molar-refractivity contribution in [2.45, 2.75) is 0 Å². The minimum atomic E-state index is -0.0144. The van der Waals surface area contributed by atoms with Crippen molar-refractivity contribution in [3.8, 4) is 17.2 Å². The maximum Gasteiger partial charge on any atom is 0.150 e. The van der Waals surface area contributed by atoms with Crippen LogP contribution >= 0.6 is 0 Å². The van der Waals surface area contributed by atoms with Crippen LogP contribution in [0.5, 0.6) is 17.2 Å². The van der Waals surface area contributed by atoms with Gasteiger partial charge in [-0.15, -0.1) is 0 Å². The van der Waals surface area contributed by atoms with Crippen molar-refractivity contribution in [2.75, 3.05) is 39.6 Å². The first-order chi connectivity index (χ1) is 15.2. The largest absolute Gasteiger partial charge is 0.491 e. The van der Waals surface area contributed by atoms with E-state index in [0.29, 0.717) is 48.4 Å². The van der Waals surface area contributed by atoms with Crippen LogP contribution in [0.4, 0.5) is 0 Å². The second kappa shape index (κ2) is 11.7. The van der Waals surface area contributed by atoms with Gasteiger partial charge in [-0.2, -0.15) is 0 Å². The second-order valence-electron chi connectivity index (χ2n) is 6.56. The van der Waals surface area contributed by atoms with Crippen LogP contribution in [-0.2, 0) is 4.74 Å².